The fraction of sp³-hybridized carbons (Fsp3) is 0.529. The lowest BCUT2D eigenvalue weighted by Crippen LogP contribution is -2.44. The van der Waals surface area contributed by atoms with E-state index in [4.69, 9.17) is 4.42 Å². The van der Waals surface area contributed by atoms with Crippen LogP contribution in [0.4, 0.5) is 0 Å². The number of para-hydroxylation sites is 1. The summed E-state index contributed by atoms with van der Waals surface area (Å²) in [5.74, 6) is 2.31. The Balaban J connectivity index is 1.93. The van der Waals surface area contributed by atoms with Crippen molar-refractivity contribution in [1.82, 2.24) is 10.2 Å². The number of fused-ring (bicyclic) bond motifs is 1. The molecule has 1 aliphatic heterocycles. The lowest BCUT2D eigenvalue weighted by Gasteiger charge is -2.37. The minimum Gasteiger partial charge on any atom is -0.459 e. The largest absolute Gasteiger partial charge is 0.459 e. The highest BCUT2D eigenvalue weighted by Gasteiger charge is 2.27. The monoisotopic (exact) mass is 304 g/mol. The number of furan rings is 1. The average Bonchev–Trinajstić information content (AvgIpc) is 2.82. The van der Waals surface area contributed by atoms with Gasteiger partial charge in [0.15, 0.2) is 0 Å². The van der Waals surface area contributed by atoms with Gasteiger partial charge in [-0.05, 0) is 20.0 Å². The van der Waals surface area contributed by atoms with E-state index >= 15 is 0 Å². The van der Waals surface area contributed by atoms with Crippen molar-refractivity contribution in [2.45, 2.75) is 38.2 Å². The van der Waals surface area contributed by atoms with Gasteiger partial charge in [0.2, 0.25) is 0 Å². The van der Waals surface area contributed by atoms with E-state index in [0.29, 0.717) is 11.3 Å². The molecule has 1 saturated heterocycles. The van der Waals surface area contributed by atoms with Gasteiger partial charge in [0.1, 0.15) is 11.3 Å². The fourth-order valence-corrected chi connectivity index (χ4v) is 4.21. The molecule has 1 fully saturated rings. The topological polar surface area (TPSA) is 28.4 Å². The standard InChI is InChI=1S/C17H24N2OS/c1-12-13(2)21-9-8-19(12)11-15-14-6-4-5-7-16(14)20-17(15)10-18-3/h4-7,12-13,18H,8-11H2,1-3H3. The molecule has 3 rings (SSSR count). The highest BCUT2D eigenvalue weighted by Crippen LogP contribution is 2.31. The molecule has 1 aliphatic rings. The van der Waals surface area contributed by atoms with E-state index < -0.39 is 0 Å². The van der Waals surface area contributed by atoms with Gasteiger partial charge < -0.3 is 9.73 Å². The van der Waals surface area contributed by atoms with Crippen LogP contribution in [-0.4, -0.2) is 35.5 Å². The minimum absolute atomic E-state index is 0.611. The summed E-state index contributed by atoms with van der Waals surface area (Å²) in [6, 6.07) is 9.00. The van der Waals surface area contributed by atoms with Crippen LogP contribution in [0.2, 0.25) is 0 Å². The summed E-state index contributed by atoms with van der Waals surface area (Å²) in [4.78, 5) is 2.59. The van der Waals surface area contributed by atoms with Gasteiger partial charge in [-0.15, -0.1) is 0 Å². The molecule has 2 atom stereocenters. The van der Waals surface area contributed by atoms with Crippen molar-refractivity contribution in [2.75, 3.05) is 19.3 Å². The zero-order valence-electron chi connectivity index (χ0n) is 13.1. The molecule has 4 heteroatoms. The molecule has 0 saturated carbocycles. The van der Waals surface area contributed by atoms with Crippen molar-refractivity contribution in [1.29, 1.82) is 0 Å². The number of thioether (sulfide) groups is 1. The van der Waals surface area contributed by atoms with E-state index in [1.807, 2.05) is 13.1 Å². The Hall–Kier alpha value is -0.970. The zero-order chi connectivity index (χ0) is 14.8. The van der Waals surface area contributed by atoms with Gasteiger partial charge in [-0.25, -0.2) is 0 Å². The normalized spacial score (nSPS) is 23.8. The van der Waals surface area contributed by atoms with Crippen molar-refractivity contribution in [3.8, 4) is 0 Å². The van der Waals surface area contributed by atoms with E-state index in [9.17, 15) is 0 Å². The zero-order valence-corrected chi connectivity index (χ0v) is 13.9. The number of benzene rings is 1. The lowest BCUT2D eigenvalue weighted by atomic mass is 10.1. The van der Waals surface area contributed by atoms with Gasteiger partial charge >= 0.3 is 0 Å². The molecule has 1 aromatic carbocycles. The van der Waals surface area contributed by atoms with Crippen LogP contribution < -0.4 is 5.32 Å². The maximum atomic E-state index is 6.05. The van der Waals surface area contributed by atoms with Crippen molar-refractivity contribution >= 4 is 22.7 Å². The molecule has 21 heavy (non-hydrogen) atoms. The first-order valence-corrected chi connectivity index (χ1v) is 8.75. The molecule has 2 aromatic rings. The Morgan fingerprint density at radius 1 is 1.33 bits per heavy atom. The second-order valence-electron chi connectivity index (χ2n) is 5.82. The summed E-state index contributed by atoms with van der Waals surface area (Å²) in [7, 11) is 1.97. The summed E-state index contributed by atoms with van der Waals surface area (Å²) < 4.78 is 6.05. The number of nitrogens with one attached hydrogen (secondary N) is 1. The molecule has 1 aromatic heterocycles. The van der Waals surface area contributed by atoms with Crippen LogP contribution >= 0.6 is 11.8 Å². The van der Waals surface area contributed by atoms with E-state index in [2.05, 4.69) is 54.0 Å². The third-order valence-electron chi connectivity index (χ3n) is 4.50. The lowest BCUT2D eigenvalue weighted by molar-refractivity contribution is 0.203. The van der Waals surface area contributed by atoms with Crippen LogP contribution in [0.3, 0.4) is 0 Å². The minimum atomic E-state index is 0.611. The molecule has 1 N–H and O–H groups in total. The highest BCUT2D eigenvalue weighted by atomic mass is 32.2. The average molecular weight is 304 g/mol. The van der Waals surface area contributed by atoms with Gasteiger partial charge in [-0.2, -0.15) is 11.8 Å². The molecular formula is C17H24N2OS. The van der Waals surface area contributed by atoms with E-state index in [1.165, 1.54) is 16.7 Å². The van der Waals surface area contributed by atoms with E-state index in [0.717, 1.165) is 31.0 Å². The SMILES string of the molecule is CNCc1oc2ccccc2c1CN1CCSC(C)C1C. The number of nitrogens with zero attached hydrogens (tertiary/aromatic N) is 1. The van der Waals surface area contributed by atoms with Crippen molar-refractivity contribution in [2.24, 2.45) is 0 Å². The Bertz CT molecular complexity index is 610. The maximum absolute atomic E-state index is 6.05. The molecule has 114 valence electrons. The number of rotatable bonds is 4. The first kappa shape index (κ1) is 14.9. The van der Waals surface area contributed by atoms with Gasteiger partial charge in [0.05, 0.1) is 6.54 Å². The molecule has 2 unspecified atom stereocenters. The van der Waals surface area contributed by atoms with Gasteiger partial charge in [-0.1, -0.05) is 25.1 Å². The molecule has 0 radical (unpaired) electrons. The van der Waals surface area contributed by atoms with E-state index in [1.54, 1.807) is 0 Å². The van der Waals surface area contributed by atoms with Crippen molar-refractivity contribution in [3.63, 3.8) is 0 Å². The molecular weight excluding hydrogens is 280 g/mol. The Labute approximate surface area is 131 Å². The van der Waals surface area contributed by atoms with E-state index in [-0.39, 0.29) is 0 Å². The third-order valence-corrected chi connectivity index (χ3v) is 5.83. The molecule has 0 spiro atoms. The van der Waals surface area contributed by atoms with Crippen LogP contribution in [0, 0.1) is 0 Å². The van der Waals surface area contributed by atoms with Crippen LogP contribution in [0.25, 0.3) is 11.0 Å². The number of hydrogen-bond donors (Lipinski definition) is 1. The molecule has 3 nitrogen and oxygen atoms in total. The van der Waals surface area contributed by atoms with Crippen LogP contribution in [-0.2, 0) is 13.1 Å². The Kier molecular flexibility index (Phi) is 4.57. The summed E-state index contributed by atoms with van der Waals surface area (Å²) in [6.45, 7) is 7.62. The molecule has 0 bridgehead atoms. The van der Waals surface area contributed by atoms with Gasteiger partial charge in [-0.3, -0.25) is 4.90 Å². The van der Waals surface area contributed by atoms with Crippen molar-refractivity contribution < 1.29 is 4.42 Å². The summed E-state index contributed by atoms with van der Waals surface area (Å²) >= 11 is 2.08. The van der Waals surface area contributed by atoms with Crippen LogP contribution in [0.15, 0.2) is 28.7 Å². The predicted molar refractivity (Wildman–Crippen MR) is 90.8 cm³/mol. The summed E-state index contributed by atoms with van der Waals surface area (Å²) in [5.41, 5.74) is 2.36. The van der Waals surface area contributed by atoms with Crippen molar-refractivity contribution in [3.05, 3.63) is 35.6 Å². The highest BCUT2D eigenvalue weighted by molar-refractivity contribution is 8.00. The smallest absolute Gasteiger partial charge is 0.134 e. The second kappa shape index (κ2) is 6.42. The second-order valence-corrected chi connectivity index (χ2v) is 7.30. The quantitative estimate of drug-likeness (QED) is 0.936. The summed E-state index contributed by atoms with van der Waals surface area (Å²) in [6.07, 6.45) is 0. The first-order chi connectivity index (χ1) is 10.2. The Morgan fingerprint density at radius 3 is 2.95 bits per heavy atom. The van der Waals surface area contributed by atoms with Gasteiger partial charge in [0, 0.05) is 41.1 Å². The molecule has 0 amide bonds. The van der Waals surface area contributed by atoms with Crippen LogP contribution in [0.1, 0.15) is 25.2 Å². The predicted octanol–water partition coefficient (Wildman–Crippen LogP) is 3.48. The fourth-order valence-electron chi connectivity index (χ4n) is 3.05. The molecule has 2 heterocycles. The third kappa shape index (κ3) is 2.98. The maximum Gasteiger partial charge on any atom is 0.134 e. The summed E-state index contributed by atoms with van der Waals surface area (Å²) in [5, 5.41) is 5.19. The molecule has 0 aliphatic carbocycles. The number of hydrogen-bond acceptors (Lipinski definition) is 4. The Morgan fingerprint density at radius 2 is 2.14 bits per heavy atom. The van der Waals surface area contributed by atoms with Crippen LogP contribution in [0.5, 0.6) is 0 Å². The first-order valence-electron chi connectivity index (χ1n) is 7.70. The van der Waals surface area contributed by atoms with Gasteiger partial charge in [0.25, 0.3) is 0 Å².